The van der Waals surface area contributed by atoms with E-state index in [9.17, 15) is 8.42 Å². The number of halogens is 3. The van der Waals surface area contributed by atoms with Crippen LogP contribution >= 0.6 is 34.8 Å². The molecule has 17 heavy (non-hydrogen) atoms. The first kappa shape index (κ1) is 15.1. The second kappa shape index (κ2) is 5.76. The highest BCUT2D eigenvalue weighted by atomic mass is 35.5. The molecule has 0 fully saturated rings. The molecule has 1 rings (SSSR count). The lowest BCUT2D eigenvalue weighted by Crippen LogP contribution is -2.30. The van der Waals surface area contributed by atoms with Gasteiger partial charge in [0.1, 0.15) is 4.90 Å². The standard InChI is InChI=1S/C10H12Cl3NO2S/c1-3-14(4-2)17(15,16)10-6-8(12)7(11)5-9(10)13/h5-6H,3-4H2,1-2H3. The van der Waals surface area contributed by atoms with Crippen LogP contribution in [0.1, 0.15) is 13.8 Å². The number of rotatable bonds is 4. The van der Waals surface area contributed by atoms with Crippen LogP contribution in [0.4, 0.5) is 0 Å². The molecule has 0 aliphatic heterocycles. The molecule has 7 heteroatoms. The van der Waals surface area contributed by atoms with Crippen LogP contribution in [0, 0.1) is 0 Å². The van der Waals surface area contributed by atoms with Crippen LogP contribution in [0.25, 0.3) is 0 Å². The van der Waals surface area contributed by atoms with Gasteiger partial charge in [-0.05, 0) is 12.1 Å². The third-order valence-corrected chi connectivity index (χ3v) is 5.53. The molecule has 96 valence electrons. The van der Waals surface area contributed by atoms with E-state index in [4.69, 9.17) is 34.8 Å². The first-order valence-electron chi connectivity index (χ1n) is 4.99. The van der Waals surface area contributed by atoms with E-state index in [1.807, 2.05) is 0 Å². The van der Waals surface area contributed by atoms with Crippen LogP contribution in [0.15, 0.2) is 17.0 Å². The summed E-state index contributed by atoms with van der Waals surface area (Å²) in [6.45, 7) is 4.25. The number of hydrogen-bond donors (Lipinski definition) is 0. The van der Waals surface area contributed by atoms with Crippen LogP contribution in [0.5, 0.6) is 0 Å². The van der Waals surface area contributed by atoms with Gasteiger partial charge in [-0.2, -0.15) is 4.31 Å². The molecular weight excluding hydrogens is 305 g/mol. The molecule has 0 saturated carbocycles. The molecule has 0 aliphatic rings. The summed E-state index contributed by atoms with van der Waals surface area (Å²) in [4.78, 5) is -0.0164. The minimum atomic E-state index is -3.61. The molecule has 0 radical (unpaired) electrons. The molecule has 0 aromatic heterocycles. The fraction of sp³-hybridized carbons (Fsp3) is 0.400. The minimum Gasteiger partial charge on any atom is -0.207 e. The molecule has 0 atom stereocenters. The van der Waals surface area contributed by atoms with E-state index in [0.29, 0.717) is 13.1 Å². The second-order valence-corrected chi connectivity index (χ2v) is 6.41. The highest BCUT2D eigenvalue weighted by molar-refractivity contribution is 7.89. The normalized spacial score (nSPS) is 12.1. The Morgan fingerprint density at radius 1 is 1.00 bits per heavy atom. The topological polar surface area (TPSA) is 37.4 Å². The van der Waals surface area contributed by atoms with Gasteiger partial charge in [-0.15, -0.1) is 0 Å². The zero-order valence-corrected chi connectivity index (χ0v) is 12.5. The number of nitrogens with zero attached hydrogens (tertiary/aromatic N) is 1. The summed E-state index contributed by atoms with van der Waals surface area (Å²) in [6.07, 6.45) is 0. The summed E-state index contributed by atoms with van der Waals surface area (Å²) < 4.78 is 25.7. The maximum Gasteiger partial charge on any atom is 0.244 e. The maximum atomic E-state index is 12.2. The highest BCUT2D eigenvalue weighted by Crippen LogP contribution is 2.32. The van der Waals surface area contributed by atoms with Gasteiger partial charge < -0.3 is 0 Å². The van der Waals surface area contributed by atoms with Gasteiger partial charge in [-0.3, -0.25) is 0 Å². The summed E-state index contributed by atoms with van der Waals surface area (Å²) in [5.74, 6) is 0. The van der Waals surface area contributed by atoms with Crippen molar-refractivity contribution in [2.24, 2.45) is 0 Å². The molecule has 1 aromatic carbocycles. The van der Waals surface area contributed by atoms with Crippen LogP contribution in [-0.2, 0) is 10.0 Å². The molecule has 0 amide bonds. The Balaban J connectivity index is 3.38. The molecule has 3 nitrogen and oxygen atoms in total. The molecular formula is C10H12Cl3NO2S. The van der Waals surface area contributed by atoms with Crippen molar-refractivity contribution >= 4 is 44.8 Å². The quantitative estimate of drug-likeness (QED) is 0.795. The zero-order valence-electron chi connectivity index (χ0n) is 9.37. The van der Waals surface area contributed by atoms with Crippen LogP contribution in [-0.4, -0.2) is 25.8 Å². The maximum absolute atomic E-state index is 12.2. The number of benzene rings is 1. The second-order valence-electron chi connectivity index (χ2n) is 3.29. The third kappa shape index (κ3) is 3.06. The lowest BCUT2D eigenvalue weighted by Gasteiger charge is -2.19. The SMILES string of the molecule is CCN(CC)S(=O)(=O)c1cc(Cl)c(Cl)cc1Cl. The zero-order chi connectivity index (χ0) is 13.2. The first-order chi connectivity index (χ1) is 7.84. The highest BCUT2D eigenvalue weighted by Gasteiger charge is 2.25. The van der Waals surface area contributed by atoms with Gasteiger partial charge in [0.25, 0.3) is 0 Å². The molecule has 0 aliphatic carbocycles. The first-order valence-corrected chi connectivity index (χ1v) is 7.56. The Morgan fingerprint density at radius 3 is 1.94 bits per heavy atom. The summed E-state index contributed by atoms with van der Waals surface area (Å²) in [5, 5.41) is 0.475. The van der Waals surface area contributed by atoms with Crippen molar-refractivity contribution in [1.82, 2.24) is 4.31 Å². The van der Waals surface area contributed by atoms with Gasteiger partial charge in [-0.1, -0.05) is 48.7 Å². The van der Waals surface area contributed by atoms with E-state index in [1.54, 1.807) is 13.8 Å². The minimum absolute atomic E-state index is 0.0164. The van der Waals surface area contributed by atoms with E-state index >= 15 is 0 Å². The molecule has 0 bridgehead atoms. The van der Waals surface area contributed by atoms with Crippen molar-refractivity contribution in [3.8, 4) is 0 Å². The predicted octanol–water partition coefficient (Wildman–Crippen LogP) is 3.68. The molecule has 0 spiro atoms. The van der Waals surface area contributed by atoms with Crippen molar-refractivity contribution in [1.29, 1.82) is 0 Å². The van der Waals surface area contributed by atoms with E-state index in [2.05, 4.69) is 0 Å². The van der Waals surface area contributed by atoms with E-state index < -0.39 is 10.0 Å². The average molecular weight is 317 g/mol. The molecule has 0 heterocycles. The van der Waals surface area contributed by atoms with E-state index in [-0.39, 0.29) is 20.0 Å². The number of hydrogen-bond acceptors (Lipinski definition) is 2. The van der Waals surface area contributed by atoms with Gasteiger partial charge in [0.2, 0.25) is 10.0 Å². The Hall–Kier alpha value is -0.000000000000000111. The molecule has 1 aromatic rings. The smallest absolute Gasteiger partial charge is 0.207 e. The summed E-state index contributed by atoms with van der Waals surface area (Å²) in [5.41, 5.74) is 0. The van der Waals surface area contributed by atoms with Crippen molar-refractivity contribution in [3.05, 3.63) is 27.2 Å². The van der Waals surface area contributed by atoms with Crippen LogP contribution < -0.4 is 0 Å². The summed E-state index contributed by atoms with van der Waals surface area (Å²) >= 11 is 17.5. The van der Waals surface area contributed by atoms with Gasteiger partial charge in [0, 0.05) is 13.1 Å². The Morgan fingerprint density at radius 2 is 1.47 bits per heavy atom. The lowest BCUT2D eigenvalue weighted by molar-refractivity contribution is 0.445. The third-order valence-electron chi connectivity index (χ3n) is 2.30. The molecule has 0 N–H and O–H groups in total. The Labute approximate surface area is 116 Å². The van der Waals surface area contributed by atoms with Gasteiger partial charge in [0.05, 0.1) is 15.1 Å². The fourth-order valence-corrected chi connectivity index (χ4v) is 3.84. The summed E-state index contributed by atoms with van der Waals surface area (Å²) in [7, 11) is -3.61. The Bertz CT molecular complexity index is 513. The Kier molecular flexibility index (Phi) is 5.10. The van der Waals surface area contributed by atoms with Crippen molar-refractivity contribution in [2.75, 3.05) is 13.1 Å². The molecule has 0 saturated heterocycles. The number of sulfonamides is 1. The van der Waals surface area contributed by atoms with Gasteiger partial charge >= 0.3 is 0 Å². The monoisotopic (exact) mass is 315 g/mol. The van der Waals surface area contributed by atoms with Crippen molar-refractivity contribution in [2.45, 2.75) is 18.7 Å². The van der Waals surface area contributed by atoms with Crippen LogP contribution in [0.3, 0.4) is 0 Å². The van der Waals surface area contributed by atoms with E-state index in [0.717, 1.165) is 0 Å². The average Bonchev–Trinajstić information content (AvgIpc) is 2.24. The molecule has 0 unspecified atom stereocenters. The fourth-order valence-electron chi connectivity index (χ4n) is 1.40. The predicted molar refractivity (Wildman–Crippen MR) is 71.6 cm³/mol. The summed E-state index contributed by atoms with van der Waals surface area (Å²) in [6, 6.07) is 2.61. The van der Waals surface area contributed by atoms with Crippen molar-refractivity contribution < 1.29 is 8.42 Å². The van der Waals surface area contributed by atoms with Crippen LogP contribution in [0.2, 0.25) is 15.1 Å². The largest absolute Gasteiger partial charge is 0.244 e. The lowest BCUT2D eigenvalue weighted by atomic mass is 10.4. The van der Waals surface area contributed by atoms with Gasteiger partial charge in [-0.25, -0.2) is 8.42 Å². The van der Waals surface area contributed by atoms with E-state index in [1.165, 1.54) is 16.4 Å². The van der Waals surface area contributed by atoms with Gasteiger partial charge in [0.15, 0.2) is 0 Å². The van der Waals surface area contributed by atoms with Crippen molar-refractivity contribution in [3.63, 3.8) is 0 Å².